The Hall–Kier alpha value is -2.93. The zero-order valence-corrected chi connectivity index (χ0v) is 17.8. The third-order valence-electron chi connectivity index (χ3n) is 6.01. The van der Waals surface area contributed by atoms with E-state index < -0.39 is 0 Å². The molecule has 30 heavy (non-hydrogen) atoms. The number of H-pyrrole nitrogens is 1. The summed E-state index contributed by atoms with van der Waals surface area (Å²) in [6.07, 6.45) is 8.33. The number of carbonyl (C=O) groups excluding carboxylic acids is 1. The maximum Gasteiger partial charge on any atom is 0.263 e. The molecule has 4 aromatic rings. The van der Waals surface area contributed by atoms with Gasteiger partial charge in [-0.3, -0.25) is 4.79 Å². The van der Waals surface area contributed by atoms with Crippen LogP contribution in [0.3, 0.4) is 0 Å². The monoisotopic (exact) mass is 419 g/mol. The van der Waals surface area contributed by atoms with Crippen LogP contribution in [0.1, 0.15) is 52.8 Å². The highest BCUT2D eigenvalue weighted by Gasteiger charge is 2.25. The summed E-state index contributed by atoms with van der Waals surface area (Å²) < 4.78 is 1.94. The van der Waals surface area contributed by atoms with E-state index in [9.17, 15) is 4.79 Å². The van der Waals surface area contributed by atoms with Gasteiger partial charge in [0.2, 0.25) is 0 Å². The number of imidazole rings is 1. The summed E-state index contributed by atoms with van der Waals surface area (Å²) in [5.41, 5.74) is 2.94. The third-order valence-corrected chi connectivity index (χ3v) is 7.18. The van der Waals surface area contributed by atoms with E-state index in [1.54, 1.807) is 0 Å². The van der Waals surface area contributed by atoms with Gasteiger partial charge < -0.3 is 14.9 Å². The zero-order chi connectivity index (χ0) is 20.5. The van der Waals surface area contributed by atoms with Crippen molar-refractivity contribution < 1.29 is 4.79 Å². The van der Waals surface area contributed by atoms with Gasteiger partial charge in [0.25, 0.3) is 5.91 Å². The summed E-state index contributed by atoms with van der Waals surface area (Å²) in [7, 11) is 0. The van der Waals surface area contributed by atoms with Crippen LogP contribution in [0, 0.1) is 12.8 Å². The number of benzene rings is 1. The largest absolute Gasteiger partial charge is 0.351 e. The van der Waals surface area contributed by atoms with Gasteiger partial charge in [-0.15, -0.1) is 0 Å². The number of carbonyl (C=O) groups is 1. The van der Waals surface area contributed by atoms with Crippen molar-refractivity contribution in [1.29, 1.82) is 0 Å². The SMILES string of the molecule is Cc1nc(-n2cccc2)sc1C(=O)NCC1CCC(c2nc3ccccc3[nH]2)CC1. The summed E-state index contributed by atoms with van der Waals surface area (Å²) in [6, 6.07) is 12.1. The lowest BCUT2D eigenvalue weighted by Crippen LogP contribution is -2.31. The maximum absolute atomic E-state index is 12.7. The van der Waals surface area contributed by atoms with Crippen molar-refractivity contribution in [3.8, 4) is 5.13 Å². The van der Waals surface area contributed by atoms with E-state index in [0.717, 1.165) is 59.9 Å². The first-order chi connectivity index (χ1) is 14.7. The second-order valence-electron chi connectivity index (χ2n) is 8.07. The van der Waals surface area contributed by atoms with Gasteiger partial charge in [0.05, 0.1) is 16.7 Å². The first kappa shape index (κ1) is 19.1. The average molecular weight is 420 g/mol. The number of fused-ring (bicyclic) bond motifs is 1. The molecule has 1 aliphatic rings. The Morgan fingerprint density at radius 1 is 1.13 bits per heavy atom. The fraction of sp³-hybridized carbons (Fsp3) is 0.348. The van der Waals surface area contributed by atoms with Crippen molar-refractivity contribution in [2.24, 2.45) is 5.92 Å². The number of aromatic amines is 1. The second-order valence-corrected chi connectivity index (χ2v) is 9.05. The number of hydrogen-bond acceptors (Lipinski definition) is 4. The Morgan fingerprint density at radius 3 is 2.67 bits per heavy atom. The molecular weight excluding hydrogens is 394 g/mol. The molecule has 0 bridgehead atoms. The summed E-state index contributed by atoms with van der Waals surface area (Å²) in [6.45, 7) is 2.62. The zero-order valence-electron chi connectivity index (χ0n) is 17.0. The Balaban J connectivity index is 1.16. The van der Waals surface area contributed by atoms with Gasteiger partial charge in [-0.1, -0.05) is 23.5 Å². The number of nitrogens with zero attached hydrogens (tertiary/aromatic N) is 3. The highest BCUT2D eigenvalue weighted by Crippen LogP contribution is 2.35. The molecule has 0 radical (unpaired) electrons. The first-order valence-electron chi connectivity index (χ1n) is 10.5. The fourth-order valence-electron chi connectivity index (χ4n) is 4.29. The number of aryl methyl sites for hydroxylation is 1. The number of para-hydroxylation sites is 2. The predicted molar refractivity (Wildman–Crippen MR) is 119 cm³/mol. The van der Waals surface area contributed by atoms with Crippen molar-refractivity contribution in [3.05, 3.63) is 65.2 Å². The van der Waals surface area contributed by atoms with Gasteiger partial charge in [0, 0.05) is 24.9 Å². The third kappa shape index (κ3) is 3.77. The minimum absolute atomic E-state index is 0.0113. The summed E-state index contributed by atoms with van der Waals surface area (Å²) in [5, 5.41) is 3.97. The molecule has 3 aromatic heterocycles. The van der Waals surface area contributed by atoms with E-state index in [1.807, 2.05) is 48.1 Å². The first-order valence-corrected chi connectivity index (χ1v) is 11.3. The van der Waals surface area contributed by atoms with Crippen molar-refractivity contribution in [1.82, 2.24) is 24.8 Å². The lowest BCUT2D eigenvalue weighted by molar-refractivity contribution is 0.0946. The number of rotatable bonds is 5. The van der Waals surface area contributed by atoms with Crippen LogP contribution in [-0.2, 0) is 0 Å². The number of amides is 1. The van der Waals surface area contributed by atoms with Gasteiger partial charge in [-0.2, -0.15) is 0 Å². The Bertz CT molecular complexity index is 1120. The summed E-state index contributed by atoms with van der Waals surface area (Å²) in [5.74, 6) is 2.10. The van der Waals surface area contributed by atoms with E-state index in [4.69, 9.17) is 4.98 Å². The maximum atomic E-state index is 12.7. The normalized spacial score (nSPS) is 19.2. The molecule has 0 aliphatic heterocycles. The molecule has 0 unspecified atom stereocenters. The van der Waals surface area contributed by atoms with E-state index in [0.29, 0.717) is 16.7 Å². The van der Waals surface area contributed by atoms with Crippen LogP contribution < -0.4 is 5.32 Å². The molecule has 154 valence electrons. The van der Waals surface area contributed by atoms with E-state index in [-0.39, 0.29) is 5.91 Å². The lowest BCUT2D eigenvalue weighted by atomic mass is 9.81. The Morgan fingerprint density at radius 2 is 1.90 bits per heavy atom. The predicted octanol–water partition coefficient (Wildman–Crippen LogP) is 4.82. The molecule has 0 atom stereocenters. The van der Waals surface area contributed by atoms with E-state index in [1.165, 1.54) is 11.3 Å². The minimum Gasteiger partial charge on any atom is -0.351 e. The van der Waals surface area contributed by atoms with Crippen LogP contribution in [0.2, 0.25) is 0 Å². The van der Waals surface area contributed by atoms with Gasteiger partial charge in [0.1, 0.15) is 10.7 Å². The molecule has 1 aromatic carbocycles. The molecule has 2 N–H and O–H groups in total. The van der Waals surface area contributed by atoms with Crippen LogP contribution in [0.25, 0.3) is 16.2 Å². The van der Waals surface area contributed by atoms with Crippen LogP contribution in [0.4, 0.5) is 0 Å². The molecule has 3 heterocycles. The van der Waals surface area contributed by atoms with Crippen molar-refractivity contribution in [2.75, 3.05) is 6.54 Å². The molecular formula is C23H25N5OS. The molecule has 1 aliphatic carbocycles. The van der Waals surface area contributed by atoms with Gasteiger partial charge in [-0.25, -0.2) is 9.97 Å². The van der Waals surface area contributed by atoms with Gasteiger partial charge in [-0.05, 0) is 62.8 Å². The highest BCUT2D eigenvalue weighted by molar-refractivity contribution is 7.16. The quantitative estimate of drug-likeness (QED) is 0.487. The smallest absolute Gasteiger partial charge is 0.263 e. The molecule has 7 heteroatoms. The van der Waals surface area contributed by atoms with Gasteiger partial charge >= 0.3 is 0 Å². The molecule has 0 saturated heterocycles. The van der Waals surface area contributed by atoms with Gasteiger partial charge in [0.15, 0.2) is 5.13 Å². The van der Waals surface area contributed by atoms with Crippen molar-refractivity contribution in [3.63, 3.8) is 0 Å². The molecule has 1 fully saturated rings. The number of aromatic nitrogens is 4. The summed E-state index contributed by atoms with van der Waals surface area (Å²) >= 11 is 1.44. The van der Waals surface area contributed by atoms with E-state index in [2.05, 4.69) is 27.4 Å². The van der Waals surface area contributed by atoms with E-state index >= 15 is 0 Å². The standard InChI is InChI=1S/C23H25N5OS/c1-15-20(30-23(25-15)28-12-4-5-13-28)22(29)24-14-16-8-10-17(11-9-16)21-26-18-6-2-3-7-19(18)27-21/h2-7,12-13,16-17H,8-11,14H2,1H3,(H,24,29)(H,26,27). The molecule has 1 amide bonds. The number of nitrogens with one attached hydrogen (secondary N) is 2. The van der Waals surface area contributed by atoms with Crippen LogP contribution in [0.15, 0.2) is 48.8 Å². The Labute approximate surface area is 179 Å². The molecule has 6 nitrogen and oxygen atoms in total. The Kier molecular flexibility index (Phi) is 5.12. The molecule has 1 saturated carbocycles. The lowest BCUT2D eigenvalue weighted by Gasteiger charge is -2.27. The fourth-order valence-corrected chi connectivity index (χ4v) is 5.24. The minimum atomic E-state index is -0.0113. The van der Waals surface area contributed by atoms with Crippen LogP contribution in [0.5, 0.6) is 0 Å². The topological polar surface area (TPSA) is 75.6 Å². The van der Waals surface area contributed by atoms with Crippen LogP contribution >= 0.6 is 11.3 Å². The highest BCUT2D eigenvalue weighted by atomic mass is 32.1. The second kappa shape index (κ2) is 8.07. The van der Waals surface area contributed by atoms with Crippen molar-refractivity contribution in [2.45, 2.75) is 38.5 Å². The summed E-state index contributed by atoms with van der Waals surface area (Å²) in [4.78, 5) is 26.2. The average Bonchev–Trinajstić information content (AvgIpc) is 3.51. The molecule has 5 rings (SSSR count). The number of hydrogen-bond donors (Lipinski definition) is 2. The molecule has 0 spiro atoms. The van der Waals surface area contributed by atoms with Crippen molar-refractivity contribution >= 4 is 28.3 Å². The van der Waals surface area contributed by atoms with Crippen LogP contribution in [-0.4, -0.2) is 32.0 Å². The number of thiazole rings is 1.